The third-order valence-electron chi connectivity index (χ3n) is 3.99. The number of nitrogens with zero attached hydrogens (tertiary/aromatic N) is 1. The van der Waals surface area contributed by atoms with Crippen LogP contribution in [0.3, 0.4) is 0 Å². The Morgan fingerprint density at radius 1 is 1.12 bits per heavy atom. The highest BCUT2D eigenvalue weighted by atomic mass is 35.5. The Morgan fingerprint density at radius 3 is 2.33 bits per heavy atom. The van der Waals surface area contributed by atoms with Crippen LogP contribution in [-0.4, -0.2) is 43.8 Å². The van der Waals surface area contributed by atoms with E-state index in [4.69, 9.17) is 16.3 Å². The molecule has 2 aromatic rings. The molecule has 0 aliphatic carbocycles. The van der Waals surface area contributed by atoms with Gasteiger partial charge >= 0.3 is 5.97 Å². The van der Waals surface area contributed by atoms with Gasteiger partial charge in [0.15, 0.2) is 6.10 Å². The summed E-state index contributed by atoms with van der Waals surface area (Å²) in [6.45, 7) is 1.77. The number of hydrogen-bond acceptors (Lipinski definition) is 8. The van der Waals surface area contributed by atoms with Crippen molar-refractivity contribution >= 4 is 56.5 Å². The fraction of sp³-hybridized carbons (Fsp3) is 0.211. The minimum absolute atomic E-state index is 0.0322. The third kappa shape index (κ3) is 7.52. The number of benzene rings is 2. The quantitative estimate of drug-likeness (QED) is 0.267. The van der Waals surface area contributed by atoms with E-state index < -0.39 is 39.5 Å². The summed E-state index contributed by atoms with van der Waals surface area (Å²) in [6.07, 6.45) is -1.35. The number of carbonyl (C=O) groups excluding carboxylic acids is 3. The number of rotatable bonds is 9. The van der Waals surface area contributed by atoms with Gasteiger partial charge in [-0.2, -0.15) is 4.72 Å². The van der Waals surface area contributed by atoms with E-state index in [9.17, 15) is 32.9 Å². The summed E-state index contributed by atoms with van der Waals surface area (Å²) in [4.78, 5) is 45.2. The highest BCUT2D eigenvalue weighted by molar-refractivity contribution is 7.89. The van der Waals surface area contributed by atoms with E-state index in [1.54, 1.807) is 0 Å². The summed E-state index contributed by atoms with van der Waals surface area (Å²) in [5.74, 6) is -2.19. The van der Waals surface area contributed by atoms with E-state index in [0.717, 1.165) is 12.1 Å². The van der Waals surface area contributed by atoms with E-state index in [1.807, 2.05) is 4.72 Å². The van der Waals surface area contributed by atoms with Gasteiger partial charge in [-0.15, -0.1) is 0 Å². The molecule has 0 aliphatic heterocycles. The topological polar surface area (TPSA) is 174 Å². The molecule has 0 spiro atoms. The van der Waals surface area contributed by atoms with Crippen LogP contribution < -0.4 is 15.4 Å². The Hall–Kier alpha value is -3.55. The molecule has 12 nitrogen and oxygen atoms in total. The van der Waals surface area contributed by atoms with Crippen molar-refractivity contribution in [2.24, 2.45) is 0 Å². The van der Waals surface area contributed by atoms with E-state index in [2.05, 4.69) is 10.6 Å². The number of amides is 2. The van der Waals surface area contributed by atoms with Crippen molar-refractivity contribution in [3.8, 4) is 0 Å². The maximum absolute atomic E-state index is 12.3. The van der Waals surface area contributed by atoms with E-state index in [-0.39, 0.29) is 27.2 Å². The lowest BCUT2D eigenvalue weighted by atomic mass is 10.2. The molecule has 33 heavy (non-hydrogen) atoms. The Kier molecular flexibility index (Phi) is 8.45. The number of carbonyl (C=O) groups is 3. The zero-order valence-corrected chi connectivity index (χ0v) is 18.9. The maximum atomic E-state index is 12.3. The third-order valence-corrected chi connectivity index (χ3v) is 5.73. The Labute approximate surface area is 193 Å². The lowest BCUT2D eigenvalue weighted by molar-refractivity contribution is -0.384. The molecule has 0 saturated heterocycles. The number of halogens is 1. The average Bonchev–Trinajstić information content (AvgIpc) is 2.73. The molecule has 1 atom stereocenters. The molecule has 1 unspecified atom stereocenters. The van der Waals surface area contributed by atoms with Crippen LogP contribution in [0.2, 0.25) is 5.02 Å². The van der Waals surface area contributed by atoms with Gasteiger partial charge in [0.1, 0.15) is 6.54 Å². The van der Waals surface area contributed by atoms with Gasteiger partial charge in [0.25, 0.3) is 11.6 Å². The first kappa shape index (κ1) is 25.7. The molecule has 0 fully saturated rings. The van der Waals surface area contributed by atoms with Crippen molar-refractivity contribution in [2.45, 2.75) is 24.8 Å². The summed E-state index contributed by atoms with van der Waals surface area (Å²) in [5.41, 5.74) is 0.0330. The molecule has 2 rings (SSSR count). The number of nitro groups is 1. The number of esters is 1. The molecule has 0 bridgehead atoms. The van der Waals surface area contributed by atoms with Gasteiger partial charge in [0, 0.05) is 24.7 Å². The van der Waals surface area contributed by atoms with Crippen LogP contribution in [0.4, 0.5) is 17.1 Å². The summed E-state index contributed by atoms with van der Waals surface area (Å²) in [7, 11) is -4.07. The molecule has 0 heterocycles. The fourth-order valence-electron chi connectivity index (χ4n) is 2.41. The summed E-state index contributed by atoms with van der Waals surface area (Å²) in [6, 6.07) is 8.64. The predicted octanol–water partition coefficient (Wildman–Crippen LogP) is 2.06. The number of nitrogens with one attached hydrogen (secondary N) is 3. The Bertz CT molecular complexity index is 1180. The SMILES string of the molecule is CC(=O)Nc1ccc(S(=O)(=O)NCC(=O)OC(C)C(=O)Nc2cc([N+](=O)[O-])ccc2Cl)cc1. The van der Waals surface area contributed by atoms with Gasteiger partial charge in [0.2, 0.25) is 15.9 Å². The Balaban J connectivity index is 1.93. The Morgan fingerprint density at radius 2 is 1.76 bits per heavy atom. The van der Waals surface area contributed by atoms with Crippen LogP contribution in [-0.2, 0) is 29.1 Å². The molecular formula is C19H19ClN4O8S. The van der Waals surface area contributed by atoms with Gasteiger partial charge in [0.05, 0.1) is 20.5 Å². The van der Waals surface area contributed by atoms with E-state index >= 15 is 0 Å². The first-order valence-electron chi connectivity index (χ1n) is 9.20. The van der Waals surface area contributed by atoms with Gasteiger partial charge in [-0.05, 0) is 37.3 Å². The zero-order valence-electron chi connectivity index (χ0n) is 17.3. The molecule has 14 heteroatoms. The largest absolute Gasteiger partial charge is 0.452 e. The standard InChI is InChI=1S/C19H19ClN4O8S/c1-11(19(27)23-17-9-14(24(28)29)5-8-16(17)20)32-18(26)10-21-33(30,31)15-6-3-13(4-7-15)22-12(2)25/h3-9,11,21H,10H2,1-2H3,(H,22,25)(H,23,27). The molecule has 0 aliphatic rings. The van der Waals surface area contributed by atoms with Crippen molar-refractivity contribution < 1.29 is 32.5 Å². The van der Waals surface area contributed by atoms with Crippen LogP contribution in [0.1, 0.15) is 13.8 Å². The molecule has 2 amide bonds. The monoisotopic (exact) mass is 498 g/mol. The van der Waals surface area contributed by atoms with Crippen LogP contribution >= 0.6 is 11.6 Å². The number of sulfonamides is 1. The lowest BCUT2D eigenvalue weighted by Crippen LogP contribution is -2.35. The highest BCUT2D eigenvalue weighted by Crippen LogP contribution is 2.26. The van der Waals surface area contributed by atoms with Crippen LogP contribution in [0.25, 0.3) is 0 Å². The van der Waals surface area contributed by atoms with Crippen LogP contribution in [0.5, 0.6) is 0 Å². The second-order valence-corrected chi connectivity index (χ2v) is 8.75. The van der Waals surface area contributed by atoms with Crippen molar-refractivity contribution in [2.75, 3.05) is 17.2 Å². The number of non-ortho nitro benzene ring substituents is 1. The number of anilines is 2. The molecular weight excluding hydrogens is 480 g/mol. The summed E-state index contributed by atoms with van der Waals surface area (Å²) < 4.78 is 31.5. The highest BCUT2D eigenvalue weighted by Gasteiger charge is 2.22. The van der Waals surface area contributed by atoms with Crippen molar-refractivity contribution in [1.29, 1.82) is 0 Å². The maximum Gasteiger partial charge on any atom is 0.321 e. The number of hydrogen-bond donors (Lipinski definition) is 3. The molecule has 3 N–H and O–H groups in total. The van der Waals surface area contributed by atoms with Crippen molar-refractivity contribution in [1.82, 2.24) is 4.72 Å². The van der Waals surface area contributed by atoms with Gasteiger partial charge in [-0.25, -0.2) is 8.42 Å². The first-order chi connectivity index (χ1) is 15.4. The number of ether oxygens (including phenoxy) is 1. The second kappa shape index (κ2) is 10.8. The molecule has 0 radical (unpaired) electrons. The average molecular weight is 499 g/mol. The van der Waals surface area contributed by atoms with Crippen molar-refractivity contribution in [3.63, 3.8) is 0 Å². The molecule has 0 saturated carbocycles. The summed E-state index contributed by atoms with van der Waals surface area (Å²) >= 11 is 5.91. The minimum atomic E-state index is -4.07. The van der Waals surface area contributed by atoms with E-state index in [1.165, 1.54) is 44.2 Å². The minimum Gasteiger partial charge on any atom is -0.452 e. The van der Waals surface area contributed by atoms with Gasteiger partial charge in [-0.1, -0.05) is 11.6 Å². The second-order valence-electron chi connectivity index (χ2n) is 6.57. The smallest absolute Gasteiger partial charge is 0.321 e. The predicted molar refractivity (Wildman–Crippen MR) is 118 cm³/mol. The molecule has 2 aromatic carbocycles. The van der Waals surface area contributed by atoms with Crippen molar-refractivity contribution in [3.05, 3.63) is 57.6 Å². The molecule has 176 valence electrons. The molecule has 0 aromatic heterocycles. The van der Waals surface area contributed by atoms with Gasteiger partial charge in [-0.3, -0.25) is 24.5 Å². The lowest BCUT2D eigenvalue weighted by Gasteiger charge is -2.14. The first-order valence-corrected chi connectivity index (χ1v) is 11.1. The fourth-order valence-corrected chi connectivity index (χ4v) is 3.54. The van der Waals surface area contributed by atoms with Gasteiger partial charge < -0.3 is 15.4 Å². The normalized spacial score (nSPS) is 11.8. The van der Waals surface area contributed by atoms with Crippen LogP contribution in [0.15, 0.2) is 47.4 Å². The number of nitro benzene ring substituents is 1. The van der Waals surface area contributed by atoms with Crippen LogP contribution in [0, 0.1) is 10.1 Å². The van der Waals surface area contributed by atoms with E-state index in [0.29, 0.717) is 5.69 Å². The summed E-state index contributed by atoms with van der Waals surface area (Å²) in [5, 5.41) is 15.7. The zero-order chi connectivity index (χ0) is 24.8.